The van der Waals surface area contributed by atoms with Crippen LogP contribution in [0.15, 0.2) is 61.1 Å². The largest absolute Gasteiger partial charge is 0.352 e. The highest BCUT2D eigenvalue weighted by Gasteiger charge is 2.39. The fourth-order valence-electron chi connectivity index (χ4n) is 3.95. The number of aryl methyl sites for hydroxylation is 1. The summed E-state index contributed by atoms with van der Waals surface area (Å²) in [6, 6.07) is 13.6. The summed E-state index contributed by atoms with van der Waals surface area (Å²) in [7, 11) is 1.81. The molecule has 0 spiro atoms. The third-order valence-electron chi connectivity index (χ3n) is 5.57. The van der Waals surface area contributed by atoms with Crippen molar-refractivity contribution in [2.24, 2.45) is 5.92 Å². The summed E-state index contributed by atoms with van der Waals surface area (Å²) in [5.41, 5.74) is 3.53. The molecule has 1 aliphatic heterocycles. The average molecular weight is 403 g/mol. The standard InChI is InChI=1S/C23H25N5O2/c1-16-8-9-18(11-24-16)23(30)25-12-19-10-21(29)27(2)22(19)20-13-26-28(15-20)14-17-6-4-3-5-7-17/h3-9,11,13,15,19,22H,10,12,14H2,1-2H3,(H,25,30)/t19-,22+/m0/s1. The van der Waals surface area contributed by atoms with Crippen LogP contribution in [0.2, 0.25) is 0 Å². The van der Waals surface area contributed by atoms with Crippen molar-refractivity contribution in [1.29, 1.82) is 0 Å². The van der Waals surface area contributed by atoms with E-state index in [1.165, 1.54) is 5.56 Å². The number of pyridine rings is 1. The van der Waals surface area contributed by atoms with Crippen molar-refractivity contribution in [3.63, 3.8) is 0 Å². The van der Waals surface area contributed by atoms with Crippen LogP contribution in [0, 0.1) is 12.8 Å². The molecular formula is C23H25N5O2. The van der Waals surface area contributed by atoms with Crippen LogP contribution in [0.3, 0.4) is 0 Å². The van der Waals surface area contributed by atoms with Crippen LogP contribution in [0.1, 0.15) is 39.6 Å². The number of benzene rings is 1. The minimum Gasteiger partial charge on any atom is -0.352 e. The zero-order valence-corrected chi connectivity index (χ0v) is 17.2. The van der Waals surface area contributed by atoms with Crippen molar-refractivity contribution in [2.45, 2.75) is 25.9 Å². The summed E-state index contributed by atoms with van der Waals surface area (Å²) >= 11 is 0. The van der Waals surface area contributed by atoms with Gasteiger partial charge in [0.05, 0.1) is 24.3 Å². The number of nitrogens with one attached hydrogen (secondary N) is 1. The normalized spacial score (nSPS) is 18.6. The molecule has 2 atom stereocenters. The van der Waals surface area contributed by atoms with Gasteiger partial charge in [-0.05, 0) is 24.6 Å². The van der Waals surface area contributed by atoms with Gasteiger partial charge in [-0.2, -0.15) is 5.10 Å². The maximum absolute atomic E-state index is 12.5. The van der Waals surface area contributed by atoms with E-state index in [9.17, 15) is 9.59 Å². The average Bonchev–Trinajstić information content (AvgIpc) is 3.31. The van der Waals surface area contributed by atoms with Gasteiger partial charge in [0.15, 0.2) is 0 Å². The highest BCUT2D eigenvalue weighted by Crippen LogP contribution is 2.36. The molecule has 1 N–H and O–H groups in total. The molecule has 3 heterocycles. The Morgan fingerprint density at radius 1 is 1.17 bits per heavy atom. The van der Waals surface area contributed by atoms with Gasteiger partial charge in [0.25, 0.3) is 5.91 Å². The Balaban J connectivity index is 1.45. The van der Waals surface area contributed by atoms with Crippen molar-refractivity contribution in [2.75, 3.05) is 13.6 Å². The second-order valence-corrected chi connectivity index (χ2v) is 7.77. The first-order chi connectivity index (χ1) is 14.5. The number of nitrogens with zero attached hydrogens (tertiary/aromatic N) is 4. The molecule has 1 fully saturated rings. The van der Waals surface area contributed by atoms with Crippen LogP contribution < -0.4 is 5.32 Å². The second kappa shape index (κ2) is 8.49. The van der Waals surface area contributed by atoms with Gasteiger partial charge in [-0.3, -0.25) is 19.3 Å². The van der Waals surface area contributed by atoms with Gasteiger partial charge < -0.3 is 10.2 Å². The number of hydrogen-bond acceptors (Lipinski definition) is 4. The quantitative estimate of drug-likeness (QED) is 0.686. The number of carbonyl (C=O) groups excluding carboxylic acids is 2. The highest BCUT2D eigenvalue weighted by atomic mass is 16.2. The van der Waals surface area contributed by atoms with Gasteiger partial charge in [0.2, 0.25) is 5.91 Å². The summed E-state index contributed by atoms with van der Waals surface area (Å²) in [4.78, 5) is 30.8. The second-order valence-electron chi connectivity index (χ2n) is 7.77. The van der Waals surface area contributed by atoms with Crippen molar-refractivity contribution in [3.8, 4) is 0 Å². The Hall–Kier alpha value is -3.48. The van der Waals surface area contributed by atoms with Crippen LogP contribution in [0.5, 0.6) is 0 Å². The van der Waals surface area contributed by atoms with E-state index in [2.05, 4.69) is 27.5 Å². The lowest BCUT2D eigenvalue weighted by Gasteiger charge is -2.24. The molecular weight excluding hydrogens is 378 g/mol. The summed E-state index contributed by atoms with van der Waals surface area (Å²) < 4.78 is 1.88. The van der Waals surface area contributed by atoms with E-state index in [4.69, 9.17) is 0 Å². The number of hydrogen-bond donors (Lipinski definition) is 1. The number of carbonyl (C=O) groups is 2. The van der Waals surface area contributed by atoms with Gasteiger partial charge >= 0.3 is 0 Å². The Bertz CT molecular complexity index is 1030. The Labute approximate surface area is 175 Å². The molecule has 7 heteroatoms. The Kier molecular flexibility index (Phi) is 5.61. The van der Waals surface area contributed by atoms with Gasteiger partial charge in [-0.15, -0.1) is 0 Å². The van der Waals surface area contributed by atoms with E-state index in [1.54, 1.807) is 17.2 Å². The van der Waals surface area contributed by atoms with Gasteiger partial charge in [-0.1, -0.05) is 30.3 Å². The minimum absolute atomic E-state index is 0.0146. The first kappa shape index (κ1) is 19.8. The molecule has 154 valence electrons. The van der Waals surface area contributed by atoms with Crippen molar-refractivity contribution in [1.82, 2.24) is 25.0 Å². The van der Waals surface area contributed by atoms with Crippen molar-refractivity contribution < 1.29 is 9.59 Å². The summed E-state index contributed by atoms with van der Waals surface area (Å²) in [5, 5.41) is 7.45. The molecule has 0 aliphatic carbocycles. The summed E-state index contributed by atoms with van der Waals surface area (Å²) in [5.74, 6) is -0.116. The number of aromatic nitrogens is 3. The molecule has 7 nitrogen and oxygen atoms in total. The summed E-state index contributed by atoms with van der Waals surface area (Å²) in [6.07, 6.45) is 5.78. The molecule has 2 amide bonds. The number of likely N-dealkylation sites (tertiary alicyclic amines) is 1. The van der Waals surface area contributed by atoms with Crippen LogP contribution in [0.25, 0.3) is 0 Å². The van der Waals surface area contributed by atoms with E-state index in [0.29, 0.717) is 25.1 Å². The lowest BCUT2D eigenvalue weighted by atomic mass is 9.95. The monoisotopic (exact) mass is 403 g/mol. The highest BCUT2D eigenvalue weighted by molar-refractivity contribution is 5.93. The molecule has 1 aromatic carbocycles. The predicted molar refractivity (Wildman–Crippen MR) is 113 cm³/mol. The lowest BCUT2D eigenvalue weighted by molar-refractivity contribution is -0.127. The Morgan fingerprint density at radius 3 is 2.70 bits per heavy atom. The zero-order chi connectivity index (χ0) is 21.1. The van der Waals surface area contributed by atoms with Gasteiger partial charge in [0, 0.05) is 49.6 Å². The SMILES string of the molecule is Cc1ccc(C(=O)NC[C@@H]2CC(=O)N(C)[C@H]2c2cnn(Cc3ccccc3)c2)cn1. The van der Waals surface area contributed by atoms with Crippen molar-refractivity contribution >= 4 is 11.8 Å². The first-order valence-electron chi connectivity index (χ1n) is 10.0. The van der Waals surface area contributed by atoms with Crippen LogP contribution in [-0.2, 0) is 11.3 Å². The molecule has 0 bridgehead atoms. The van der Waals surface area contributed by atoms with E-state index in [-0.39, 0.29) is 23.8 Å². The van der Waals surface area contributed by atoms with Crippen LogP contribution in [0.4, 0.5) is 0 Å². The maximum Gasteiger partial charge on any atom is 0.252 e. The van der Waals surface area contributed by atoms with Crippen LogP contribution in [-0.4, -0.2) is 45.1 Å². The fraction of sp³-hybridized carbons (Fsp3) is 0.304. The lowest BCUT2D eigenvalue weighted by Crippen LogP contribution is -2.32. The molecule has 0 radical (unpaired) electrons. The molecule has 1 saturated heterocycles. The minimum atomic E-state index is -0.178. The third kappa shape index (κ3) is 4.25. The van der Waals surface area contributed by atoms with E-state index < -0.39 is 0 Å². The predicted octanol–water partition coefficient (Wildman–Crippen LogP) is 2.58. The zero-order valence-electron chi connectivity index (χ0n) is 17.2. The van der Waals surface area contributed by atoms with E-state index in [1.807, 2.05) is 55.3 Å². The molecule has 30 heavy (non-hydrogen) atoms. The van der Waals surface area contributed by atoms with E-state index >= 15 is 0 Å². The first-order valence-corrected chi connectivity index (χ1v) is 10.0. The smallest absolute Gasteiger partial charge is 0.252 e. The van der Waals surface area contributed by atoms with Crippen LogP contribution >= 0.6 is 0 Å². The molecule has 0 unspecified atom stereocenters. The Morgan fingerprint density at radius 2 is 1.97 bits per heavy atom. The topological polar surface area (TPSA) is 80.1 Å². The number of amides is 2. The molecule has 2 aromatic heterocycles. The van der Waals surface area contributed by atoms with Gasteiger partial charge in [-0.25, -0.2) is 0 Å². The maximum atomic E-state index is 12.5. The third-order valence-corrected chi connectivity index (χ3v) is 5.57. The van der Waals surface area contributed by atoms with Crippen molar-refractivity contribution in [3.05, 3.63) is 83.4 Å². The molecule has 3 aromatic rings. The van der Waals surface area contributed by atoms with E-state index in [0.717, 1.165) is 11.3 Å². The molecule has 0 saturated carbocycles. The summed E-state index contributed by atoms with van der Waals surface area (Å²) in [6.45, 7) is 2.97. The number of rotatable bonds is 6. The molecule has 1 aliphatic rings. The molecule has 4 rings (SSSR count). The fourth-order valence-corrected chi connectivity index (χ4v) is 3.95. The van der Waals surface area contributed by atoms with Gasteiger partial charge in [0.1, 0.15) is 0 Å².